The minimum Gasteiger partial charge on any atom is -0.394 e. The van der Waals surface area contributed by atoms with E-state index in [0.717, 1.165) is 22.1 Å². The number of aromatic nitrogens is 1. The van der Waals surface area contributed by atoms with Gasteiger partial charge < -0.3 is 34.8 Å². The summed E-state index contributed by atoms with van der Waals surface area (Å²) < 4.78 is 7.39. The van der Waals surface area contributed by atoms with Crippen molar-refractivity contribution in [3.05, 3.63) is 70.4 Å². The number of aliphatic hydroxyl groups is 5. The van der Waals surface area contributed by atoms with Crippen molar-refractivity contribution in [2.24, 2.45) is 0 Å². The highest BCUT2D eigenvalue weighted by molar-refractivity contribution is 6.35. The first-order valence-electron chi connectivity index (χ1n) is 9.71. The average Bonchev–Trinajstić information content (AvgIpc) is 3.12. The molecule has 2 heterocycles. The molecule has 160 valence electrons. The van der Waals surface area contributed by atoms with Crippen molar-refractivity contribution in [3.8, 4) is 0 Å². The van der Waals surface area contributed by atoms with Gasteiger partial charge in [-0.05, 0) is 29.2 Å². The highest BCUT2D eigenvalue weighted by Gasteiger charge is 2.44. The molecule has 0 spiro atoms. The van der Waals surface area contributed by atoms with Crippen LogP contribution in [0.5, 0.6) is 0 Å². The fraction of sp³-hybridized carbons (Fsp3) is 0.364. The fourth-order valence-corrected chi connectivity index (χ4v) is 4.25. The molecule has 0 unspecified atom stereocenters. The molecule has 5 atom stereocenters. The molecule has 0 saturated carbocycles. The topological polar surface area (TPSA) is 115 Å². The lowest BCUT2D eigenvalue weighted by Crippen LogP contribution is -2.56. The van der Waals surface area contributed by atoms with Gasteiger partial charge in [0.25, 0.3) is 0 Å². The summed E-state index contributed by atoms with van der Waals surface area (Å²) in [6.07, 6.45) is -3.98. The van der Waals surface area contributed by atoms with Crippen LogP contribution in [-0.4, -0.2) is 61.1 Å². The van der Waals surface area contributed by atoms with Crippen LogP contribution in [0.25, 0.3) is 10.9 Å². The van der Waals surface area contributed by atoms with E-state index in [1.807, 2.05) is 42.6 Å². The average molecular weight is 434 g/mol. The van der Waals surface area contributed by atoms with E-state index in [0.29, 0.717) is 17.0 Å². The molecule has 0 bridgehead atoms. The van der Waals surface area contributed by atoms with Crippen molar-refractivity contribution >= 4 is 22.5 Å². The molecular weight excluding hydrogens is 410 g/mol. The molecule has 1 fully saturated rings. The Labute approximate surface area is 178 Å². The lowest BCUT2D eigenvalue weighted by Gasteiger charge is -2.40. The third kappa shape index (κ3) is 3.74. The van der Waals surface area contributed by atoms with Gasteiger partial charge in [0.1, 0.15) is 24.4 Å². The van der Waals surface area contributed by atoms with Crippen molar-refractivity contribution < 1.29 is 30.3 Å². The maximum absolute atomic E-state index is 10.6. The molecule has 3 aromatic rings. The lowest BCUT2D eigenvalue weighted by molar-refractivity contribution is -0.250. The molecule has 0 aliphatic carbocycles. The fourth-order valence-electron chi connectivity index (χ4n) is 3.97. The minimum atomic E-state index is -1.48. The predicted octanol–water partition coefficient (Wildman–Crippen LogP) is 1.35. The summed E-state index contributed by atoms with van der Waals surface area (Å²) in [6, 6.07) is 13.1. The third-order valence-corrected chi connectivity index (χ3v) is 5.93. The van der Waals surface area contributed by atoms with Crippen LogP contribution in [0.2, 0.25) is 5.02 Å². The van der Waals surface area contributed by atoms with Crippen molar-refractivity contribution in [3.63, 3.8) is 0 Å². The first-order valence-corrected chi connectivity index (χ1v) is 10.1. The van der Waals surface area contributed by atoms with Crippen LogP contribution in [0.4, 0.5) is 0 Å². The number of benzene rings is 2. The SMILES string of the molecule is OCc1ccc(Cc2cn([C@@H]3O[C@H](CO)[C@@H](O)[C@H](O)[C@H]3O)c3c(Cl)cccc23)cc1. The van der Waals surface area contributed by atoms with Crippen LogP contribution in [-0.2, 0) is 17.8 Å². The lowest BCUT2D eigenvalue weighted by atomic mass is 9.98. The summed E-state index contributed by atoms with van der Waals surface area (Å²) in [5, 5.41) is 50.9. The van der Waals surface area contributed by atoms with Gasteiger partial charge in [-0.15, -0.1) is 0 Å². The van der Waals surface area contributed by atoms with Crippen LogP contribution in [0, 0.1) is 0 Å². The zero-order valence-corrected chi connectivity index (χ0v) is 16.9. The molecule has 8 heteroatoms. The van der Waals surface area contributed by atoms with Gasteiger partial charge in [-0.25, -0.2) is 0 Å². The van der Waals surface area contributed by atoms with Gasteiger partial charge in [0.2, 0.25) is 0 Å². The molecule has 0 amide bonds. The van der Waals surface area contributed by atoms with E-state index >= 15 is 0 Å². The zero-order chi connectivity index (χ0) is 21.4. The van der Waals surface area contributed by atoms with Gasteiger partial charge in [0.05, 0.1) is 23.8 Å². The van der Waals surface area contributed by atoms with Gasteiger partial charge in [-0.1, -0.05) is 48.0 Å². The second-order valence-corrected chi connectivity index (χ2v) is 7.98. The molecule has 5 N–H and O–H groups in total. The normalized spacial score (nSPS) is 26.9. The summed E-state index contributed by atoms with van der Waals surface area (Å²) in [5.41, 5.74) is 3.41. The number of hydrogen-bond acceptors (Lipinski definition) is 6. The Kier molecular flexibility index (Phi) is 6.13. The summed E-state index contributed by atoms with van der Waals surface area (Å²) in [7, 11) is 0. The Morgan fingerprint density at radius 2 is 1.60 bits per heavy atom. The number of hydrogen-bond donors (Lipinski definition) is 5. The van der Waals surface area contributed by atoms with Crippen LogP contribution in [0.15, 0.2) is 48.7 Å². The smallest absolute Gasteiger partial charge is 0.163 e. The van der Waals surface area contributed by atoms with Crippen molar-refractivity contribution in [2.75, 3.05) is 6.61 Å². The number of rotatable bonds is 5. The zero-order valence-electron chi connectivity index (χ0n) is 16.1. The van der Waals surface area contributed by atoms with E-state index < -0.39 is 37.3 Å². The van der Waals surface area contributed by atoms with E-state index in [9.17, 15) is 25.5 Å². The van der Waals surface area contributed by atoms with Gasteiger partial charge in [0.15, 0.2) is 6.23 Å². The van der Waals surface area contributed by atoms with Crippen molar-refractivity contribution in [1.82, 2.24) is 4.57 Å². The Bertz CT molecular complexity index is 1020. The summed E-state index contributed by atoms with van der Waals surface area (Å²) in [4.78, 5) is 0. The number of halogens is 1. The van der Waals surface area contributed by atoms with E-state index in [1.54, 1.807) is 10.6 Å². The molecule has 1 aliphatic rings. The van der Waals surface area contributed by atoms with Crippen LogP contribution in [0.3, 0.4) is 0 Å². The Morgan fingerprint density at radius 3 is 2.27 bits per heavy atom. The van der Waals surface area contributed by atoms with E-state index in [2.05, 4.69) is 0 Å². The number of para-hydroxylation sites is 1. The maximum Gasteiger partial charge on any atom is 0.163 e. The Hall–Kier alpha value is -1.97. The first kappa shape index (κ1) is 21.3. The largest absolute Gasteiger partial charge is 0.394 e. The molecule has 4 rings (SSSR count). The van der Waals surface area contributed by atoms with E-state index in [4.69, 9.17) is 16.3 Å². The molecule has 30 heavy (non-hydrogen) atoms. The Morgan fingerprint density at radius 1 is 0.900 bits per heavy atom. The van der Waals surface area contributed by atoms with Gasteiger partial charge in [-0.2, -0.15) is 0 Å². The maximum atomic E-state index is 10.6. The molecule has 0 radical (unpaired) electrons. The molecule has 1 saturated heterocycles. The summed E-state index contributed by atoms with van der Waals surface area (Å²) in [6.45, 7) is -0.523. The van der Waals surface area contributed by atoms with Crippen molar-refractivity contribution in [1.29, 1.82) is 0 Å². The molecule has 2 aromatic carbocycles. The van der Waals surface area contributed by atoms with Gasteiger partial charge in [-0.3, -0.25) is 0 Å². The third-order valence-electron chi connectivity index (χ3n) is 5.63. The number of fused-ring (bicyclic) bond motifs is 1. The standard InChI is InChI=1S/C22H24ClNO6/c23-16-3-1-2-15-14(8-12-4-6-13(10-25)7-5-12)9-24(18(15)16)22-21(29)20(28)19(27)17(11-26)30-22/h1-7,9,17,19-22,25-29H,8,10-11H2/t17-,19-,20+,21-,22-/m1/s1. The summed E-state index contributed by atoms with van der Waals surface area (Å²) >= 11 is 6.47. The highest BCUT2D eigenvalue weighted by atomic mass is 35.5. The number of ether oxygens (including phenoxy) is 1. The second kappa shape index (κ2) is 8.64. The van der Waals surface area contributed by atoms with Crippen LogP contribution < -0.4 is 0 Å². The van der Waals surface area contributed by atoms with E-state index in [1.165, 1.54) is 0 Å². The molecule has 7 nitrogen and oxygen atoms in total. The second-order valence-electron chi connectivity index (χ2n) is 7.57. The Balaban J connectivity index is 1.76. The van der Waals surface area contributed by atoms with Gasteiger partial charge >= 0.3 is 0 Å². The molecular formula is C22H24ClNO6. The quantitative estimate of drug-likeness (QED) is 0.415. The monoisotopic (exact) mass is 433 g/mol. The van der Waals surface area contributed by atoms with Crippen LogP contribution >= 0.6 is 11.6 Å². The predicted molar refractivity (Wildman–Crippen MR) is 111 cm³/mol. The highest BCUT2D eigenvalue weighted by Crippen LogP contribution is 2.36. The van der Waals surface area contributed by atoms with Crippen LogP contribution in [0.1, 0.15) is 22.9 Å². The van der Waals surface area contributed by atoms with Gasteiger partial charge in [0, 0.05) is 11.6 Å². The number of aliphatic hydroxyl groups excluding tert-OH is 5. The summed E-state index contributed by atoms with van der Waals surface area (Å²) in [5.74, 6) is 0. The first-order chi connectivity index (χ1) is 14.4. The number of nitrogens with zero attached hydrogens (tertiary/aromatic N) is 1. The van der Waals surface area contributed by atoms with Crippen molar-refractivity contribution in [2.45, 2.75) is 43.7 Å². The minimum absolute atomic E-state index is 0.0215. The van der Waals surface area contributed by atoms with E-state index in [-0.39, 0.29) is 6.61 Å². The molecule has 1 aromatic heterocycles. The molecule has 1 aliphatic heterocycles.